The Balaban J connectivity index is 0.000000175. The molecular formula is C81H132. The first-order valence-corrected chi connectivity index (χ1v) is 36.6. The average molecular weight is 1110 g/mol. The highest BCUT2D eigenvalue weighted by molar-refractivity contribution is 5.63. The maximum absolute atomic E-state index is 2.60. The average Bonchev–Trinajstić information content (AvgIpc) is 3.54. The number of unbranched alkanes of at least 4 members (excludes halogenated alkanes) is 3. The molecule has 6 fully saturated rings. The summed E-state index contributed by atoms with van der Waals surface area (Å²) < 4.78 is 0. The molecule has 81 heavy (non-hydrogen) atoms. The lowest BCUT2D eigenvalue weighted by Gasteiger charge is -2.38. The van der Waals surface area contributed by atoms with Gasteiger partial charge in [-0.05, 0) is 210 Å². The molecule has 0 spiro atoms. The summed E-state index contributed by atoms with van der Waals surface area (Å²) in [4.78, 5) is 0. The number of aryl methyl sites for hydroxylation is 3. The Bertz CT molecular complexity index is 1910. The van der Waals surface area contributed by atoms with Gasteiger partial charge in [0.2, 0.25) is 0 Å². The second-order valence-corrected chi connectivity index (χ2v) is 28.9. The van der Waals surface area contributed by atoms with E-state index in [1.54, 1.807) is 69.8 Å². The first-order valence-electron chi connectivity index (χ1n) is 36.6. The molecule has 0 aliphatic heterocycles. The summed E-state index contributed by atoms with van der Waals surface area (Å²) in [7, 11) is 0. The van der Waals surface area contributed by atoms with Gasteiger partial charge in [-0.25, -0.2) is 0 Å². The summed E-state index contributed by atoms with van der Waals surface area (Å²) in [6.07, 6.45) is 65.5. The molecule has 3 aromatic rings. The van der Waals surface area contributed by atoms with Gasteiger partial charge in [0.25, 0.3) is 0 Å². The van der Waals surface area contributed by atoms with E-state index in [-0.39, 0.29) is 0 Å². The van der Waals surface area contributed by atoms with Gasteiger partial charge in [0.1, 0.15) is 0 Å². The highest BCUT2D eigenvalue weighted by atomic mass is 14.4. The van der Waals surface area contributed by atoms with Crippen LogP contribution in [0.5, 0.6) is 0 Å². The SMILES string of the molecule is CCCC1CCC(/C=C/C2CCC(CCC)CC2)CC1.CCCC1CCC(CCC2CCC(CCC)CC2)CC1.CCCCC1CCC(C2CCC(c3ccc(C)cc3)CC2)CC1.CCCCCc1ccc(-c2ccc(C)cc2)cc1. The van der Waals surface area contributed by atoms with Gasteiger partial charge in [-0.1, -0.05) is 298 Å². The third kappa shape index (κ3) is 25.9. The molecule has 456 valence electrons. The molecule has 9 rings (SSSR count). The molecule has 0 heteroatoms. The quantitative estimate of drug-likeness (QED) is 0.0656. The van der Waals surface area contributed by atoms with E-state index in [9.17, 15) is 0 Å². The van der Waals surface area contributed by atoms with Gasteiger partial charge >= 0.3 is 0 Å². The van der Waals surface area contributed by atoms with Crippen LogP contribution in [0, 0.1) is 78.9 Å². The van der Waals surface area contributed by atoms with Gasteiger partial charge < -0.3 is 0 Å². The van der Waals surface area contributed by atoms with Crippen molar-refractivity contribution >= 4 is 0 Å². The third-order valence-corrected chi connectivity index (χ3v) is 22.4. The number of hydrogen-bond donors (Lipinski definition) is 0. The van der Waals surface area contributed by atoms with Crippen LogP contribution in [0.2, 0.25) is 0 Å². The molecule has 0 nitrogen and oxygen atoms in total. The molecule has 0 atom stereocenters. The van der Waals surface area contributed by atoms with Gasteiger partial charge in [-0.15, -0.1) is 0 Å². The number of rotatable bonds is 23. The van der Waals surface area contributed by atoms with Crippen molar-refractivity contribution in [1.29, 1.82) is 0 Å². The number of hydrogen-bond acceptors (Lipinski definition) is 0. The van der Waals surface area contributed by atoms with Crippen molar-refractivity contribution in [2.75, 3.05) is 0 Å². The van der Waals surface area contributed by atoms with Crippen LogP contribution in [0.1, 0.15) is 327 Å². The predicted octanol–water partition coefficient (Wildman–Crippen LogP) is 26.4. The van der Waals surface area contributed by atoms with Crippen molar-refractivity contribution in [2.24, 2.45) is 65.1 Å². The molecule has 0 N–H and O–H groups in total. The van der Waals surface area contributed by atoms with E-state index in [1.165, 1.54) is 227 Å². The van der Waals surface area contributed by atoms with Crippen molar-refractivity contribution in [3.8, 4) is 11.1 Å². The topological polar surface area (TPSA) is 0 Å². The smallest absolute Gasteiger partial charge is 0.0162 e. The van der Waals surface area contributed by atoms with Gasteiger partial charge in [-0.2, -0.15) is 0 Å². The van der Waals surface area contributed by atoms with Crippen molar-refractivity contribution in [2.45, 2.75) is 325 Å². The molecule has 0 aromatic heterocycles. The van der Waals surface area contributed by atoms with E-state index in [0.717, 1.165) is 71.0 Å². The Morgan fingerprint density at radius 2 is 0.617 bits per heavy atom. The van der Waals surface area contributed by atoms with Crippen LogP contribution in [0.25, 0.3) is 11.1 Å². The lowest BCUT2D eigenvalue weighted by Crippen LogP contribution is -2.25. The summed E-state index contributed by atoms with van der Waals surface area (Å²) >= 11 is 0. The molecule has 0 heterocycles. The Morgan fingerprint density at radius 3 is 1.00 bits per heavy atom. The Hall–Kier alpha value is -2.60. The molecule has 0 amide bonds. The van der Waals surface area contributed by atoms with E-state index >= 15 is 0 Å². The van der Waals surface area contributed by atoms with Gasteiger partial charge in [0, 0.05) is 0 Å². The first-order chi connectivity index (χ1) is 39.7. The summed E-state index contributed by atoms with van der Waals surface area (Å²) in [5.74, 6) is 12.3. The molecule has 0 radical (unpaired) electrons. The van der Waals surface area contributed by atoms with Crippen LogP contribution in [-0.4, -0.2) is 0 Å². The van der Waals surface area contributed by atoms with Gasteiger partial charge in [0.15, 0.2) is 0 Å². The highest BCUT2D eigenvalue weighted by Gasteiger charge is 2.31. The fourth-order valence-corrected chi connectivity index (χ4v) is 16.8. The monoisotopic (exact) mass is 1110 g/mol. The van der Waals surface area contributed by atoms with E-state index in [0.29, 0.717) is 0 Å². The molecule has 0 bridgehead atoms. The lowest BCUT2D eigenvalue weighted by atomic mass is 9.68. The van der Waals surface area contributed by atoms with Crippen LogP contribution in [0.15, 0.2) is 84.9 Å². The van der Waals surface area contributed by atoms with Crippen LogP contribution in [0.4, 0.5) is 0 Å². The molecule has 6 aliphatic rings. The summed E-state index contributed by atoms with van der Waals surface area (Å²) in [5.41, 5.74) is 8.38. The van der Waals surface area contributed by atoms with Crippen molar-refractivity contribution in [1.82, 2.24) is 0 Å². The predicted molar refractivity (Wildman–Crippen MR) is 360 cm³/mol. The molecule has 0 saturated heterocycles. The molecule has 3 aromatic carbocycles. The minimum atomic E-state index is 0.841. The van der Waals surface area contributed by atoms with Crippen LogP contribution in [0.3, 0.4) is 0 Å². The number of benzene rings is 3. The third-order valence-electron chi connectivity index (χ3n) is 22.4. The molecule has 0 unspecified atom stereocenters. The van der Waals surface area contributed by atoms with Gasteiger partial charge in [0.05, 0.1) is 0 Å². The zero-order chi connectivity index (χ0) is 57.3. The summed E-state index contributed by atoms with van der Waals surface area (Å²) in [6, 6.07) is 27.1. The Labute approximate surface area is 505 Å². The maximum Gasteiger partial charge on any atom is -0.0162 e. The Kier molecular flexibility index (Phi) is 33.3. The van der Waals surface area contributed by atoms with Gasteiger partial charge in [-0.3, -0.25) is 0 Å². The van der Waals surface area contributed by atoms with E-state index in [1.807, 2.05) is 0 Å². The molecular weight excluding hydrogens is 973 g/mol. The summed E-state index contributed by atoms with van der Waals surface area (Å²) in [6.45, 7) is 18.3. The Morgan fingerprint density at radius 1 is 0.296 bits per heavy atom. The van der Waals surface area contributed by atoms with Crippen LogP contribution in [-0.2, 0) is 6.42 Å². The van der Waals surface area contributed by atoms with Crippen LogP contribution >= 0.6 is 0 Å². The van der Waals surface area contributed by atoms with Crippen molar-refractivity contribution < 1.29 is 0 Å². The molecule has 6 saturated carbocycles. The van der Waals surface area contributed by atoms with E-state index in [4.69, 9.17) is 0 Å². The standard InChI is InChI=1S/C23H36.C20H38.C20H36.C18H22/c1-3-4-5-19-8-12-21(13-9-19)23-16-14-22(15-17-23)20-10-6-18(2)7-11-20;2*1-3-5-17-7-11-19(12-8-17)15-16-20-13-9-18(6-4-2)10-14-20;1-3-4-5-6-16-9-13-18(14-10-16)17-11-7-15(2)8-12-17/h6-7,10-11,19,21-23H,3-5,8-9,12-17H2,1-2H3;17-20H,3-16H2,1-2H3;15-20H,3-14H2,1-2H3;7-14H,3-6H2,1-2H3/b;;16-15+;. The zero-order valence-corrected chi connectivity index (χ0v) is 55.0. The fourth-order valence-electron chi connectivity index (χ4n) is 16.8. The fraction of sp³-hybridized carbons (Fsp3) is 0.753. The highest BCUT2D eigenvalue weighted by Crippen LogP contribution is 2.45. The minimum Gasteiger partial charge on any atom is -0.0851 e. The first kappa shape index (κ1) is 67.5. The lowest BCUT2D eigenvalue weighted by molar-refractivity contribution is 0.156. The van der Waals surface area contributed by atoms with Crippen molar-refractivity contribution in [3.63, 3.8) is 0 Å². The number of allylic oxidation sites excluding steroid dienone is 2. The van der Waals surface area contributed by atoms with E-state index in [2.05, 4.69) is 140 Å². The second kappa shape index (κ2) is 39.9. The van der Waals surface area contributed by atoms with E-state index < -0.39 is 0 Å². The van der Waals surface area contributed by atoms with Crippen LogP contribution < -0.4 is 0 Å². The largest absolute Gasteiger partial charge is 0.0851 e. The zero-order valence-electron chi connectivity index (χ0n) is 55.0. The second-order valence-electron chi connectivity index (χ2n) is 28.9. The maximum atomic E-state index is 2.60. The summed E-state index contributed by atoms with van der Waals surface area (Å²) in [5, 5.41) is 0. The minimum absolute atomic E-state index is 0.841. The molecule has 6 aliphatic carbocycles. The van der Waals surface area contributed by atoms with Crippen molar-refractivity contribution in [3.05, 3.63) is 107 Å². The normalized spacial score (nSPS) is 28.8.